The molecule has 1 aliphatic rings. The van der Waals surface area contributed by atoms with Gasteiger partial charge >= 0.3 is 0 Å². The summed E-state index contributed by atoms with van der Waals surface area (Å²) in [6.07, 6.45) is 0.510. The zero-order chi connectivity index (χ0) is 16.4. The number of nitrogens with zero attached hydrogens (tertiary/aromatic N) is 2. The van der Waals surface area contributed by atoms with E-state index in [0.717, 1.165) is 10.4 Å². The lowest BCUT2D eigenvalue weighted by molar-refractivity contribution is 0.272. The van der Waals surface area contributed by atoms with Crippen LogP contribution in [0.5, 0.6) is 0 Å². The molecule has 1 aromatic rings. The van der Waals surface area contributed by atoms with Crippen LogP contribution < -0.4 is 0 Å². The molecule has 0 aliphatic carbocycles. The lowest BCUT2D eigenvalue weighted by Crippen LogP contribution is -2.51. The van der Waals surface area contributed by atoms with Gasteiger partial charge in [-0.1, -0.05) is 19.1 Å². The minimum Gasteiger partial charge on any atom is -0.212 e. The third kappa shape index (κ3) is 3.48. The summed E-state index contributed by atoms with van der Waals surface area (Å²) >= 11 is 0. The molecule has 0 unspecified atom stereocenters. The van der Waals surface area contributed by atoms with Crippen LogP contribution in [0.15, 0.2) is 29.2 Å². The molecule has 1 heterocycles. The average Bonchev–Trinajstić information content (AvgIpc) is 2.47. The normalized spacial score (nSPS) is 18.5. The Labute approximate surface area is 130 Å². The highest BCUT2D eigenvalue weighted by Crippen LogP contribution is 2.21. The number of benzene rings is 1. The summed E-state index contributed by atoms with van der Waals surface area (Å²) in [6.45, 7) is 2.02. The average molecular weight is 350 g/mol. The van der Waals surface area contributed by atoms with Gasteiger partial charge in [-0.3, -0.25) is 0 Å². The van der Waals surface area contributed by atoms with Crippen molar-refractivity contribution in [3.63, 3.8) is 0 Å². The summed E-state index contributed by atoms with van der Waals surface area (Å²) in [6, 6.07) is 5.18. The fourth-order valence-corrected chi connectivity index (χ4v) is 5.35. The summed E-state index contributed by atoms with van der Waals surface area (Å²) in [7, 11) is -7.27. The number of hydrogen-bond donors (Lipinski definition) is 0. The van der Waals surface area contributed by atoms with E-state index >= 15 is 0 Å². The van der Waals surface area contributed by atoms with Crippen LogP contribution in [-0.4, -0.2) is 57.4 Å². The Hall–Kier alpha value is -1.03. The number of halogens is 1. The molecule has 1 saturated heterocycles. The van der Waals surface area contributed by atoms with Crippen molar-refractivity contribution in [2.75, 3.05) is 31.9 Å². The van der Waals surface area contributed by atoms with E-state index in [1.165, 1.54) is 22.5 Å². The molecule has 0 atom stereocenters. The fraction of sp³-hybridized carbons (Fsp3) is 0.538. The number of rotatable bonds is 5. The van der Waals surface area contributed by atoms with E-state index in [1.807, 2.05) is 0 Å². The summed E-state index contributed by atoms with van der Waals surface area (Å²) in [4.78, 5) is -0.375. The lowest BCUT2D eigenvalue weighted by Gasteiger charge is -2.33. The van der Waals surface area contributed by atoms with E-state index in [4.69, 9.17) is 0 Å². The van der Waals surface area contributed by atoms with Crippen LogP contribution in [0, 0.1) is 5.82 Å². The minimum absolute atomic E-state index is 0.0274. The zero-order valence-corrected chi connectivity index (χ0v) is 13.9. The summed E-state index contributed by atoms with van der Waals surface area (Å²) < 4.78 is 64.9. The van der Waals surface area contributed by atoms with Crippen LogP contribution in [0.4, 0.5) is 4.39 Å². The Bertz CT molecular complexity index is 726. The Kier molecular flexibility index (Phi) is 5.21. The SMILES string of the molecule is CCCS(=O)(=O)N1CCN(S(=O)(=O)c2ccccc2F)CC1. The van der Waals surface area contributed by atoms with Gasteiger partial charge in [-0.15, -0.1) is 0 Å². The van der Waals surface area contributed by atoms with E-state index < -0.39 is 25.9 Å². The second kappa shape index (κ2) is 6.61. The molecule has 124 valence electrons. The molecular formula is C13H19FN2O4S2. The highest BCUT2D eigenvalue weighted by Gasteiger charge is 2.33. The maximum absolute atomic E-state index is 13.7. The van der Waals surface area contributed by atoms with Crippen molar-refractivity contribution in [1.29, 1.82) is 0 Å². The van der Waals surface area contributed by atoms with E-state index in [-0.39, 0.29) is 36.8 Å². The molecule has 1 aromatic carbocycles. The number of sulfonamides is 2. The van der Waals surface area contributed by atoms with Gasteiger partial charge in [0.2, 0.25) is 20.0 Å². The first-order valence-electron chi connectivity index (χ1n) is 7.01. The van der Waals surface area contributed by atoms with Crippen molar-refractivity contribution in [3.8, 4) is 0 Å². The van der Waals surface area contributed by atoms with Crippen LogP contribution >= 0.6 is 0 Å². The van der Waals surface area contributed by atoms with Gasteiger partial charge in [0.25, 0.3) is 0 Å². The predicted molar refractivity (Wildman–Crippen MR) is 80.8 cm³/mol. The van der Waals surface area contributed by atoms with Crippen molar-refractivity contribution >= 4 is 20.0 Å². The van der Waals surface area contributed by atoms with E-state index in [0.29, 0.717) is 6.42 Å². The molecule has 0 radical (unpaired) electrons. The Balaban J connectivity index is 2.13. The monoisotopic (exact) mass is 350 g/mol. The molecule has 2 rings (SSSR count). The first-order valence-corrected chi connectivity index (χ1v) is 10.1. The first kappa shape index (κ1) is 17.3. The molecule has 0 aromatic heterocycles. The standard InChI is InChI=1S/C13H19FN2O4S2/c1-2-11-21(17,18)15-7-9-16(10-8-15)22(19,20)13-6-4-3-5-12(13)14/h3-6H,2,7-11H2,1H3. The maximum atomic E-state index is 13.7. The molecule has 0 N–H and O–H groups in total. The molecule has 9 heteroatoms. The minimum atomic E-state index is -3.94. The molecule has 1 aliphatic heterocycles. The molecular weight excluding hydrogens is 331 g/mol. The molecule has 0 amide bonds. The largest absolute Gasteiger partial charge is 0.246 e. The second-order valence-electron chi connectivity index (χ2n) is 5.05. The van der Waals surface area contributed by atoms with Crippen molar-refractivity contribution < 1.29 is 21.2 Å². The van der Waals surface area contributed by atoms with Gasteiger partial charge in [-0.25, -0.2) is 21.2 Å². The molecule has 0 bridgehead atoms. The summed E-state index contributed by atoms with van der Waals surface area (Å²) in [5.74, 6) is -0.754. The highest BCUT2D eigenvalue weighted by molar-refractivity contribution is 7.89. The highest BCUT2D eigenvalue weighted by atomic mass is 32.2. The Morgan fingerprint density at radius 2 is 1.55 bits per heavy atom. The number of piperazine rings is 1. The van der Waals surface area contributed by atoms with Gasteiger partial charge in [0.05, 0.1) is 5.75 Å². The molecule has 6 nitrogen and oxygen atoms in total. The first-order chi connectivity index (χ1) is 10.3. The maximum Gasteiger partial charge on any atom is 0.246 e. The van der Waals surface area contributed by atoms with Crippen molar-refractivity contribution in [3.05, 3.63) is 30.1 Å². The molecule has 0 spiro atoms. The van der Waals surface area contributed by atoms with Crippen LogP contribution in [0.3, 0.4) is 0 Å². The van der Waals surface area contributed by atoms with Crippen LogP contribution in [-0.2, 0) is 20.0 Å². The third-order valence-electron chi connectivity index (χ3n) is 3.51. The fourth-order valence-electron chi connectivity index (χ4n) is 2.37. The van der Waals surface area contributed by atoms with Gasteiger partial charge in [0.15, 0.2) is 0 Å². The van der Waals surface area contributed by atoms with Crippen LogP contribution in [0.25, 0.3) is 0 Å². The van der Waals surface area contributed by atoms with Crippen LogP contribution in [0.1, 0.15) is 13.3 Å². The summed E-state index contributed by atoms with van der Waals surface area (Å²) in [5.41, 5.74) is 0. The van der Waals surface area contributed by atoms with Crippen molar-refractivity contribution in [2.24, 2.45) is 0 Å². The topological polar surface area (TPSA) is 74.8 Å². The third-order valence-corrected chi connectivity index (χ3v) is 7.52. The van der Waals surface area contributed by atoms with E-state index in [9.17, 15) is 21.2 Å². The van der Waals surface area contributed by atoms with Crippen LogP contribution in [0.2, 0.25) is 0 Å². The van der Waals surface area contributed by atoms with E-state index in [2.05, 4.69) is 0 Å². The summed E-state index contributed by atoms with van der Waals surface area (Å²) in [5, 5.41) is 0. The predicted octanol–water partition coefficient (Wildman–Crippen LogP) is 0.872. The van der Waals surface area contributed by atoms with Gasteiger partial charge in [0, 0.05) is 26.2 Å². The zero-order valence-electron chi connectivity index (χ0n) is 12.3. The molecule has 22 heavy (non-hydrogen) atoms. The lowest BCUT2D eigenvalue weighted by atomic mass is 10.3. The van der Waals surface area contributed by atoms with Crippen molar-refractivity contribution in [1.82, 2.24) is 8.61 Å². The Morgan fingerprint density at radius 1 is 1.00 bits per heavy atom. The quantitative estimate of drug-likeness (QED) is 0.790. The number of hydrogen-bond acceptors (Lipinski definition) is 4. The second-order valence-corrected chi connectivity index (χ2v) is 9.04. The van der Waals surface area contributed by atoms with Gasteiger partial charge < -0.3 is 0 Å². The van der Waals surface area contributed by atoms with E-state index in [1.54, 1.807) is 6.92 Å². The van der Waals surface area contributed by atoms with Gasteiger partial charge in [0.1, 0.15) is 10.7 Å². The van der Waals surface area contributed by atoms with Gasteiger partial charge in [-0.05, 0) is 18.6 Å². The smallest absolute Gasteiger partial charge is 0.212 e. The molecule has 1 fully saturated rings. The molecule has 0 saturated carbocycles. The van der Waals surface area contributed by atoms with Crippen molar-refractivity contribution in [2.45, 2.75) is 18.2 Å². The Morgan fingerprint density at radius 3 is 2.09 bits per heavy atom. The van der Waals surface area contributed by atoms with Gasteiger partial charge in [-0.2, -0.15) is 8.61 Å².